The van der Waals surface area contributed by atoms with Gasteiger partial charge in [0.25, 0.3) is 0 Å². The van der Waals surface area contributed by atoms with Crippen molar-refractivity contribution < 1.29 is 20.4 Å². The largest absolute Gasteiger partial charge is 0.393 e. The number of rotatable bonds is 3. The van der Waals surface area contributed by atoms with E-state index >= 15 is 0 Å². The molecule has 0 bridgehead atoms. The van der Waals surface area contributed by atoms with Crippen LogP contribution in [0.5, 0.6) is 0 Å². The average molecular weight is 451 g/mol. The quantitative estimate of drug-likeness (QED) is 0.492. The van der Waals surface area contributed by atoms with E-state index < -0.39 is 0 Å². The van der Waals surface area contributed by atoms with Gasteiger partial charge in [-0.15, -0.1) is 0 Å². The maximum atomic E-state index is 11.2. The first-order valence-corrected chi connectivity index (χ1v) is 13.5. The molecule has 4 nitrogen and oxygen atoms in total. The van der Waals surface area contributed by atoms with Crippen LogP contribution in [0.25, 0.3) is 0 Å². The third-order valence-electron chi connectivity index (χ3n) is 11.9. The molecule has 0 aromatic rings. The van der Waals surface area contributed by atoms with Crippen LogP contribution in [-0.2, 0) is 0 Å². The summed E-state index contributed by atoms with van der Waals surface area (Å²) >= 11 is 0. The van der Waals surface area contributed by atoms with Crippen molar-refractivity contribution in [3.63, 3.8) is 0 Å². The van der Waals surface area contributed by atoms with Crippen molar-refractivity contribution in [1.29, 1.82) is 0 Å². The molecule has 4 aliphatic rings. The Morgan fingerprint density at radius 3 is 1.22 bits per heavy atom. The Labute approximate surface area is 196 Å². The molecule has 0 aromatic heterocycles. The molecule has 4 fully saturated rings. The second-order valence-electron chi connectivity index (χ2n) is 13.9. The maximum absolute atomic E-state index is 11.2. The van der Waals surface area contributed by atoms with E-state index in [-0.39, 0.29) is 57.9 Å². The van der Waals surface area contributed by atoms with Gasteiger partial charge in [0.05, 0.1) is 24.4 Å². The zero-order valence-electron chi connectivity index (χ0n) is 21.5. The molecule has 0 aromatic carbocycles. The highest BCUT2D eigenvalue weighted by Gasteiger charge is 2.59. The van der Waals surface area contributed by atoms with E-state index in [9.17, 15) is 20.4 Å². The van der Waals surface area contributed by atoms with Crippen molar-refractivity contribution in [2.75, 3.05) is 0 Å². The number of fused-ring (bicyclic) bond motifs is 2. The van der Waals surface area contributed by atoms with Gasteiger partial charge in [-0.05, 0) is 110 Å². The Morgan fingerprint density at radius 1 is 0.531 bits per heavy atom. The SMILES string of the molecule is CC1(C)C(O)CC[C@]2(C)C(CCC3C(O)CCC4C3(C)CC[C@@H](O)C4(C)C)[C@@H](O)CCC12. The minimum Gasteiger partial charge on any atom is -0.393 e. The van der Waals surface area contributed by atoms with Gasteiger partial charge in [0.1, 0.15) is 0 Å². The fourth-order valence-corrected chi connectivity index (χ4v) is 9.80. The highest BCUT2D eigenvalue weighted by atomic mass is 16.3. The molecule has 0 heterocycles. The molecule has 4 aliphatic carbocycles. The van der Waals surface area contributed by atoms with Crippen LogP contribution in [0.2, 0.25) is 0 Å². The molecule has 0 amide bonds. The standard InChI is InChI=1S/C28H50O4/c1-25(2)21-11-9-19(29)17(27(21,5)15-13-23(25)31)7-8-18-20(30)10-12-22-26(3,4)24(32)14-16-28(18,22)6/h17-24,29-32H,7-16H2,1-6H3/t17?,18?,19-,20?,21?,22?,23?,24+,27+,28?/m0/s1. The van der Waals surface area contributed by atoms with Crippen molar-refractivity contribution in [3.8, 4) is 0 Å². The van der Waals surface area contributed by atoms with Crippen LogP contribution in [0.4, 0.5) is 0 Å². The van der Waals surface area contributed by atoms with Gasteiger partial charge >= 0.3 is 0 Å². The molecule has 4 rings (SSSR count). The summed E-state index contributed by atoms with van der Waals surface area (Å²) in [4.78, 5) is 0. The highest BCUT2D eigenvalue weighted by Crippen LogP contribution is 2.63. The summed E-state index contributed by atoms with van der Waals surface area (Å²) in [7, 11) is 0. The molecule has 0 aliphatic heterocycles. The monoisotopic (exact) mass is 450 g/mol. The van der Waals surface area contributed by atoms with E-state index in [0.717, 1.165) is 64.2 Å². The summed E-state index contributed by atoms with van der Waals surface area (Å²) in [6.45, 7) is 13.6. The molecule has 7 unspecified atom stereocenters. The van der Waals surface area contributed by atoms with Crippen molar-refractivity contribution in [2.45, 2.75) is 130 Å². The van der Waals surface area contributed by atoms with Crippen molar-refractivity contribution in [1.82, 2.24) is 0 Å². The lowest BCUT2D eigenvalue weighted by molar-refractivity contribution is -0.180. The van der Waals surface area contributed by atoms with Gasteiger partial charge in [0.2, 0.25) is 0 Å². The average Bonchev–Trinajstić information content (AvgIpc) is 2.69. The number of aliphatic hydroxyl groups excluding tert-OH is 4. The van der Waals surface area contributed by atoms with Gasteiger partial charge in [-0.3, -0.25) is 0 Å². The molecule has 4 saturated carbocycles. The normalized spacial score (nSPS) is 52.7. The third-order valence-corrected chi connectivity index (χ3v) is 11.9. The van der Waals surface area contributed by atoms with Gasteiger partial charge in [0, 0.05) is 0 Å². The van der Waals surface area contributed by atoms with E-state index in [2.05, 4.69) is 41.5 Å². The second-order valence-corrected chi connectivity index (χ2v) is 13.9. The van der Waals surface area contributed by atoms with Gasteiger partial charge in [0.15, 0.2) is 0 Å². The summed E-state index contributed by atoms with van der Waals surface area (Å²) < 4.78 is 0. The van der Waals surface area contributed by atoms with E-state index in [1.54, 1.807) is 0 Å². The molecule has 0 radical (unpaired) electrons. The lowest BCUT2D eigenvalue weighted by Gasteiger charge is -2.61. The van der Waals surface area contributed by atoms with Gasteiger partial charge < -0.3 is 20.4 Å². The smallest absolute Gasteiger partial charge is 0.0594 e. The van der Waals surface area contributed by atoms with Crippen molar-refractivity contribution in [3.05, 3.63) is 0 Å². The van der Waals surface area contributed by atoms with E-state index in [1.807, 2.05) is 0 Å². The zero-order valence-corrected chi connectivity index (χ0v) is 21.5. The summed E-state index contributed by atoms with van der Waals surface area (Å²) in [6.07, 6.45) is 8.08. The van der Waals surface area contributed by atoms with Crippen LogP contribution in [0.3, 0.4) is 0 Å². The molecule has 4 N–H and O–H groups in total. The minimum atomic E-state index is -0.281. The number of hydrogen-bond donors (Lipinski definition) is 4. The Balaban J connectivity index is 1.56. The van der Waals surface area contributed by atoms with E-state index in [0.29, 0.717) is 11.8 Å². The van der Waals surface area contributed by atoms with Gasteiger partial charge in [-0.1, -0.05) is 41.5 Å². The number of hydrogen-bond acceptors (Lipinski definition) is 4. The van der Waals surface area contributed by atoms with Crippen LogP contribution < -0.4 is 0 Å². The lowest BCUT2D eigenvalue weighted by Crippen LogP contribution is -2.58. The molecular weight excluding hydrogens is 400 g/mol. The summed E-state index contributed by atoms with van der Waals surface area (Å²) in [5.74, 6) is 1.31. The zero-order chi connectivity index (χ0) is 23.7. The predicted molar refractivity (Wildman–Crippen MR) is 128 cm³/mol. The third kappa shape index (κ3) is 3.62. The topological polar surface area (TPSA) is 80.9 Å². The summed E-state index contributed by atoms with van der Waals surface area (Å²) in [6, 6.07) is 0. The Kier molecular flexibility index (Phi) is 6.40. The fourth-order valence-electron chi connectivity index (χ4n) is 9.80. The molecule has 32 heavy (non-hydrogen) atoms. The Morgan fingerprint density at radius 2 is 0.875 bits per heavy atom. The first-order chi connectivity index (χ1) is 14.8. The Hall–Kier alpha value is -0.160. The first kappa shape index (κ1) is 24.9. The molecule has 4 heteroatoms. The van der Waals surface area contributed by atoms with Gasteiger partial charge in [-0.25, -0.2) is 0 Å². The van der Waals surface area contributed by atoms with Crippen molar-refractivity contribution in [2.24, 2.45) is 45.3 Å². The summed E-state index contributed by atoms with van der Waals surface area (Å²) in [5, 5.41) is 43.8. The summed E-state index contributed by atoms with van der Waals surface area (Å²) in [5.41, 5.74) is -0.141. The molecule has 10 atom stereocenters. The lowest BCUT2D eigenvalue weighted by atomic mass is 9.45. The second kappa shape index (κ2) is 8.21. The Bertz CT molecular complexity index is 631. The first-order valence-electron chi connectivity index (χ1n) is 13.5. The predicted octanol–water partition coefficient (Wildman–Crippen LogP) is 4.92. The highest BCUT2D eigenvalue weighted by molar-refractivity contribution is 5.09. The molecule has 186 valence electrons. The van der Waals surface area contributed by atoms with Crippen molar-refractivity contribution >= 4 is 0 Å². The minimum absolute atomic E-state index is 0.0440. The molecule has 0 saturated heterocycles. The fraction of sp³-hybridized carbons (Fsp3) is 1.00. The van der Waals surface area contributed by atoms with Crippen LogP contribution in [0.15, 0.2) is 0 Å². The molecular formula is C28H50O4. The van der Waals surface area contributed by atoms with Crippen LogP contribution in [-0.4, -0.2) is 44.8 Å². The maximum Gasteiger partial charge on any atom is 0.0594 e. The van der Waals surface area contributed by atoms with E-state index in [1.165, 1.54) is 0 Å². The van der Waals surface area contributed by atoms with E-state index in [4.69, 9.17) is 0 Å². The number of aliphatic hydroxyl groups is 4. The van der Waals surface area contributed by atoms with Crippen LogP contribution in [0.1, 0.15) is 106 Å². The van der Waals surface area contributed by atoms with Gasteiger partial charge in [-0.2, -0.15) is 0 Å². The van der Waals surface area contributed by atoms with Crippen LogP contribution >= 0.6 is 0 Å². The van der Waals surface area contributed by atoms with Crippen LogP contribution in [0, 0.1) is 45.3 Å². The molecule has 0 spiro atoms.